The summed E-state index contributed by atoms with van der Waals surface area (Å²) in [6.45, 7) is 19.8. The third-order valence-corrected chi connectivity index (χ3v) is 15.6. The van der Waals surface area contributed by atoms with Crippen molar-refractivity contribution < 1.29 is 0 Å². The number of hydrogen-bond donors (Lipinski definition) is 6. The maximum atomic E-state index is 13.0. The predicted octanol–water partition coefficient (Wildman–Crippen LogP) is 7.09. The first kappa shape index (κ1) is 58.1. The van der Waals surface area contributed by atoms with Gasteiger partial charge in [0.15, 0.2) is 16.9 Å². The second-order valence-corrected chi connectivity index (χ2v) is 23.0. The fraction of sp³-hybridized carbons (Fsp3) is 0.500. The van der Waals surface area contributed by atoms with Crippen LogP contribution in [0.5, 0.6) is 0 Å². The van der Waals surface area contributed by atoms with E-state index in [0.717, 1.165) is 118 Å². The Labute approximate surface area is 489 Å². The summed E-state index contributed by atoms with van der Waals surface area (Å²) in [7, 11) is 0. The zero-order chi connectivity index (χ0) is 59.5. The van der Waals surface area contributed by atoms with Crippen molar-refractivity contribution in [3.63, 3.8) is 0 Å². The first-order valence-electron chi connectivity index (χ1n) is 30.4. The fourth-order valence-electron chi connectivity index (χ4n) is 10.8. The van der Waals surface area contributed by atoms with E-state index >= 15 is 0 Å². The molecule has 9 aromatic heterocycles. The molecule has 448 valence electrons. The number of pyridine rings is 3. The van der Waals surface area contributed by atoms with Crippen molar-refractivity contribution in [1.29, 1.82) is 0 Å². The number of anilines is 3. The highest BCUT2D eigenvalue weighted by molar-refractivity contribution is 5.78. The van der Waals surface area contributed by atoms with Crippen LogP contribution in [0.1, 0.15) is 130 Å². The number of rotatable bonds is 21. The first-order chi connectivity index (χ1) is 41.3. The quantitative estimate of drug-likeness (QED) is 0.0419. The van der Waals surface area contributed by atoms with Crippen molar-refractivity contribution in [2.75, 3.05) is 55.2 Å². The van der Waals surface area contributed by atoms with E-state index < -0.39 is 0 Å². The molecule has 3 aliphatic carbocycles. The minimum absolute atomic E-state index is 0.0202. The van der Waals surface area contributed by atoms with E-state index in [2.05, 4.69) is 79.6 Å². The number of likely N-dealkylation sites (tertiary alicyclic amines) is 1. The Kier molecular flexibility index (Phi) is 17.2. The molecule has 0 atom stereocenters. The lowest BCUT2D eigenvalue weighted by Gasteiger charge is -2.14. The SMILES string of the molecule is CCCn1c(=O)n(C2CC2)c(=O)c2[nH]c(-c3ccc(NCC(C)C)nc3)nc21.CCCn1c(=O)n(C2CC2)c(=O)c2[nH]c(-c3ccc(NCC)nc3)nc21.CCCn1c(=O)n(C2CC2)c(=O)c2[nH]c(-c3ccc(NCCN4CCCC4)nc3)nc21. The van der Waals surface area contributed by atoms with Gasteiger partial charge in [0.25, 0.3) is 16.7 Å². The second-order valence-electron chi connectivity index (χ2n) is 23.0. The van der Waals surface area contributed by atoms with Crippen LogP contribution in [-0.2, 0) is 19.6 Å². The van der Waals surface area contributed by atoms with Crippen LogP contribution in [0.15, 0.2) is 83.8 Å². The number of H-pyrrole nitrogens is 3. The van der Waals surface area contributed by atoms with Crippen molar-refractivity contribution in [1.82, 2.24) is 77.2 Å². The lowest BCUT2D eigenvalue weighted by molar-refractivity contribution is 0.352. The fourth-order valence-corrected chi connectivity index (χ4v) is 10.8. The molecule has 6 N–H and O–H groups in total. The molecule has 9 aromatic rings. The maximum absolute atomic E-state index is 13.0. The van der Waals surface area contributed by atoms with Crippen LogP contribution < -0.4 is 49.7 Å². The van der Waals surface area contributed by atoms with Gasteiger partial charge in [0.1, 0.15) is 51.5 Å². The third-order valence-electron chi connectivity index (χ3n) is 15.6. The normalized spacial score (nSPS) is 15.1. The van der Waals surface area contributed by atoms with Gasteiger partial charge in [-0.3, -0.25) is 41.8 Å². The third kappa shape index (κ3) is 12.4. The van der Waals surface area contributed by atoms with E-state index in [1.807, 2.05) is 64.1 Å². The number of imidazole rings is 3. The summed E-state index contributed by atoms with van der Waals surface area (Å²) in [5, 5.41) is 9.78. The van der Waals surface area contributed by atoms with E-state index in [1.165, 1.54) is 39.6 Å². The van der Waals surface area contributed by atoms with Gasteiger partial charge in [-0.15, -0.1) is 0 Å². The standard InChI is InChI=1S/C22H29N7O2.C20H26N6O2.C18H22N6O2/c1-2-10-28-20-18(21(30)29(22(28)31)16-6-7-16)25-19(26-20)15-5-8-17(24-14-15)23-9-13-27-11-3-4-12-27;1-4-9-25-18-16(19(27)26(20(25)28)14-6-7-14)23-17(24-18)13-5-8-15(22-11-13)21-10-12(2)3;1-3-9-23-16-14(17(25)24(18(23)26)12-6-7-12)21-15(22-16)11-5-8-13(19-4-2)20-10-11/h5,8,14,16H,2-4,6-7,9-13H2,1H3,(H,23,24)(H,25,26);5,8,11-12,14H,4,6-7,9-10H2,1-3H3,(H,21,22)(H,23,24);5,8,10,12H,3-4,6-7,9H2,1-2H3,(H,19,20)(H,21,22). The summed E-state index contributed by atoms with van der Waals surface area (Å²) in [6, 6.07) is 11.5. The van der Waals surface area contributed by atoms with Crippen molar-refractivity contribution in [2.24, 2.45) is 5.92 Å². The van der Waals surface area contributed by atoms with Gasteiger partial charge in [-0.25, -0.2) is 44.3 Å². The van der Waals surface area contributed by atoms with Crippen molar-refractivity contribution in [3.8, 4) is 34.2 Å². The molecular formula is C60H77N19O6. The van der Waals surface area contributed by atoms with E-state index in [4.69, 9.17) is 0 Å². The molecule has 25 nitrogen and oxygen atoms in total. The summed E-state index contributed by atoms with van der Waals surface area (Å²) in [5.41, 5.74) is 3.16. The minimum atomic E-state index is -0.282. The molecule has 3 saturated carbocycles. The molecule has 13 rings (SSSR count). The van der Waals surface area contributed by atoms with Gasteiger partial charge in [-0.1, -0.05) is 34.6 Å². The van der Waals surface area contributed by atoms with Gasteiger partial charge in [-0.05, 0) is 133 Å². The van der Waals surface area contributed by atoms with Crippen molar-refractivity contribution >= 4 is 50.9 Å². The molecule has 1 saturated heterocycles. The summed E-state index contributed by atoms with van der Waals surface area (Å²) in [6.07, 6.45) is 15.4. The van der Waals surface area contributed by atoms with Gasteiger partial charge in [-0.2, -0.15) is 0 Å². The van der Waals surface area contributed by atoms with E-state index in [1.54, 1.807) is 32.3 Å². The molecule has 0 amide bonds. The van der Waals surface area contributed by atoms with Crippen LogP contribution in [-0.4, -0.2) is 116 Å². The smallest absolute Gasteiger partial charge is 0.333 e. The molecule has 0 bridgehead atoms. The van der Waals surface area contributed by atoms with Crippen molar-refractivity contribution in [3.05, 3.63) is 118 Å². The first-order valence-corrected chi connectivity index (χ1v) is 30.4. The largest absolute Gasteiger partial charge is 0.370 e. The molecule has 1 aliphatic heterocycles. The number of aryl methyl sites for hydroxylation is 3. The number of hydrogen-bond acceptors (Lipinski definition) is 16. The van der Waals surface area contributed by atoms with Crippen LogP contribution in [0, 0.1) is 5.92 Å². The molecule has 4 fully saturated rings. The Hall–Kier alpha value is -8.74. The Bertz CT molecular complexity index is 4200. The number of aromatic amines is 3. The molecule has 0 unspecified atom stereocenters. The number of fused-ring (bicyclic) bond motifs is 3. The summed E-state index contributed by atoms with van der Waals surface area (Å²) < 4.78 is 9.00. The van der Waals surface area contributed by atoms with Crippen LogP contribution >= 0.6 is 0 Å². The monoisotopic (exact) mass is 1160 g/mol. The van der Waals surface area contributed by atoms with E-state index in [9.17, 15) is 28.8 Å². The maximum Gasteiger partial charge on any atom is 0.333 e. The second kappa shape index (κ2) is 25.2. The lowest BCUT2D eigenvalue weighted by atomic mass is 10.2. The minimum Gasteiger partial charge on any atom is -0.370 e. The average Bonchev–Trinajstić information content (AvgIpc) is 2.06. The molecule has 0 radical (unpaired) electrons. The highest BCUT2D eigenvalue weighted by Gasteiger charge is 2.32. The highest BCUT2D eigenvalue weighted by atomic mass is 16.2. The average molecular weight is 1160 g/mol. The predicted molar refractivity (Wildman–Crippen MR) is 331 cm³/mol. The van der Waals surface area contributed by atoms with Crippen LogP contribution in [0.3, 0.4) is 0 Å². The van der Waals surface area contributed by atoms with Gasteiger partial charge < -0.3 is 35.8 Å². The molecule has 10 heterocycles. The summed E-state index contributed by atoms with van der Waals surface area (Å²) >= 11 is 0. The van der Waals surface area contributed by atoms with E-state index in [0.29, 0.717) is 76.5 Å². The Morgan fingerprint density at radius 3 is 1.14 bits per heavy atom. The lowest BCUT2D eigenvalue weighted by Crippen LogP contribution is -2.39. The van der Waals surface area contributed by atoms with Crippen LogP contribution in [0.25, 0.3) is 67.7 Å². The molecular weight excluding hydrogens is 1080 g/mol. The van der Waals surface area contributed by atoms with Crippen LogP contribution in [0.4, 0.5) is 17.5 Å². The van der Waals surface area contributed by atoms with Gasteiger partial charge in [0, 0.05) is 99.2 Å². The Morgan fingerprint density at radius 1 is 0.482 bits per heavy atom. The van der Waals surface area contributed by atoms with Gasteiger partial charge >= 0.3 is 17.1 Å². The highest BCUT2D eigenvalue weighted by Crippen LogP contribution is 2.34. The topological polar surface area (TPSA) is 296 Å². The zero-order valence-electron chi connectivity index (χ0n) is 49.4. The molecule has 85 heavy (non-hydrogen) atoms. The molecule has 0 spiro atoms. The Balaban J connectivity index is 0.000000133. The zero-order valence-corrected chi connectivity index (χ0v) is 49.4. The summed E-state index contributed by atoms with van der Waals surface area (Å²) in [5.74, 6) is 4.58. The summed E-state index contributed by atoms with van der Waals surface area (Å²) in [4.78, 5) is 116. The molecule has 0 aromatic carbocycles. The van der Waals surface area contributed by atoms with E-state index in [-0.39, 0.29) is 51.9 Å². The van der Waals surface area contributed by atoms with Gasteiger partial charge in [0.05, 0.1) is 0 Å². The van der Waals surface area contributed by atoms with Crippen LogP contribution in [0.2, 0.25) is 0 Å². The number of nitrogens with one attached hydrogen (secondary N) is 6. The molecule has 4 aliphatic rings. The molecule has 25 heteroatoms. The van der Waals surface area contributed by atoms with Gasteiger partial charge in [0.2, 0.25) is 0 Å². The number of nitrogens with zero attached hydrogens (tertiary/aromatic N) is 13. The Morgan fingerprint density at radius 2 is 0.835 bits per heavy atom. The number of aromatic nitrogens is 15. The van der Waals surface area contributed by atoms with Crippen molar-refractivity contribution in [2.45, 2.75) is 150 Å².